The van der Waals surface area contributed by atoms with Gasteiger partial charge in [-0.2, -0.15) is 0 Å². The molecule has 1 atom stereocenters. The highest BCUT2D eigenvalue weighted by atomic mass is 16.5. The molecule has 5 rings (SSSR count). The second-order valence-electron chi connectivity index (χ2n) is 8.12. The van der Waals surface area contributed by atoms with Crippen molar-refractivity contribution in [2.75, 3.05) is 31.6 Å². The molecule has 0 bridgehead atoms. The molecule has 1 aliphatic rings. The van der Waals surface area contributed by atoms with Crippen LogP contribution in [0.4, 0.5) is 5.69 Å². The molecule has 5 heteroatoms. The van der Waals surface area contributed by atoms with Crippen LogP contribution in [-0.4, -0.2) is 37.1 Å². The highest BCUT2D eigenvalue weighted by molar-refractivity contribution is 6.09. The Hall–Kier alpha value is -3.41. The van der Waals surface area contributed by atoms with Gasteiger partial charge in [0.05, 0.1) is 24.9 Å². The zero-order chi connectivity index (χ0) is 21.9. The van der Waals surface area contributed by atoms with Crippen molar-refractivity contribution >= 4 is 22.6 Å². The van der Waals surface area contributed by atoms with Crippen LogP contribution in [0.25, 0.3) is 11.0 Å². The SMILES string of the molecule is Cc1ccc(C(c2oc3ccccc3c2NC(=O)c2ccccc2)N2CCOCC2)cc1. The van der Waals surface area contributed by atoms with Gasteiger partial charge >= 0.3 is 0 Å². The Bertz CT molecular complexity index is 1210. The number of rotatable bonds is 5. The number of para-hydroxylation sites is 1. The number of morpholine rings is 1. The summed E-state index contributed by atoms with van der Waals surface area (Å²) in [5, 5.41) is 4.06. The summed E-state index contributed by atoms with van der Waals surface area (Å²) in [4.78, 5) is 15.5. The minimum absolute atomic E-state index is 0.127. The first-order valence-electron chi connectivity index (χ1n) is 11.0. The van der Waals surface area contributed by atoms with Crippen LogP contribution in [0.1, 0.15) is 33.3 Å². The van der Waals surface area contributed by atoms with Gasteiger partial charge in [-0.15, -0.1) is 0 Å². The Kier molecular flexibility index (Phi) is 5.75. The molecule has 32 heavy (non-hydrogen) atoms. The fourth-order valence-corrected chi connectivity index (χ4v) is 4.27. The summed E-state index contributed by atoms with van der Waals surface area (Å²) >= 11 is 0. The number of hydrogen-bond donors (Lipinski definition) is 1. The van der Waals surface area contributed by atoms with Crippen LogP contribution in [0.2, 0.25) is 0 Å². The third kappa shape index (κ3) is 4.05. The maximum Gasteiger partial charge on any atom is 0.255 e. The van der Waals surface area contributed by atoms with Crippen LogP contribution in [0.5, 0.6) is 0 Å². The largest absolute Gasteiger partial charge is 0.457 e. The van der Waals surface area contributed by atoms with Crippen LogP contribution in [0.3, 0.4) is 0 Å². The van der Waals surface area contributed by atoms with E-state index in [9.17, 15) is 4.79 Å². The molecule has 1 N–H and O–H groups in total. The molecule has 1 aromatic heterocycles. The maximum absolute atomic E-state index is 13.1. The number of fused-ring (bicyclic) bond motifs is 1. The van der Waals surface area contributed by atoms with Crippen LogP contribution in [-0.2, 0) is 4.74 Å². The van der Waals surface area contributed by atoms with E-state index < -0.39 is 0 Å². The zero-order valence-corrected chi connectivity index (χ0v) is 18.1. The monoisotopic (exact) mass is 426 g/mol. The number of nitrogens with zero attached hydrogens (tertiary/aromatic N) is 1. The molecule has 1 saturated heterocycles. The van der Waals surface area contributed by atoms with Gasteiger partial charge in [0.15, 0.2) is 0 Å². The normalized spacial score (nSPS) is 15.5. The van der Waals surface area contributed by atoms with Crippen LogP contribution in [0.15, 0.2) is 83.3 Å². The average molecular weight is 427 g/mol. The highest BCUT2D eigenvalue weighted by Gasteiger charge is 2.31. The van der Waals surface area contributed by atoms with Crippen molar-refractivity contribution in [2.45, 2.75) is 13.0 Å². The second kappa shape index (κ2) is 8.99. The molecule has 0 aliphatic carbocycles. The van der Waals surface area contributed by atoms with Gasteiger partial charge in [-0.1, -0.05) is 60.2 Å². The Morgan fingerprint density at radius 1 is 0.906 bits per heavy atom. The molecular weight excluding hydrogens is 400 g/mol. The summed E-state index contributed by atoms with van der Waals surface area (Å²) < 4.78 is 12.0. The number of aryl methyl sites for hydroxylation is 1. The second-order valence-corrected chi connectivity index (χ2v) is 8.12. The molecule has 1 fully saturated rings. The van der Waals surface area contributed by atoms with E-state index in [4.69, 9.17) is 9.15 Å². The molecule has 0 spiro atoms. The lowest BCUT2D eigenvalue weighted by molar-refractivity contribution is 0.0206. The first-order valence-corrected chi connectivity index (χ1v) is 11.0. The van der Waals surface area contributed by atoms with E-state index in [0.717, 1.165) is 41.1 Å². The maximum atomic E-state index is 13.1. The summed E-state index contributed by atoms with van der Waals surface area (Å²) in [6.45, 7) is 5.02. The third-order valence-electron chi connectivity index (χ3n) is 5.95. The first kappa shape index (κ1) is 20.5. The van der Waals surface area contributed by atoms with E-state index in [1.54, 1.807) is 0 Å². The predicted octanol–water partition coefficient (Wildman–Crippen LogP) is 5.42. The first-order chi connectivity index (χ1) is 15.7. The predicted molar refractivity (Wildman–Crippen MR) is 126 cm³/mol. The van der Waals surface area contributed by atoms with E-state index in [2.05, 4.69) is 41.4 Å². The van der Waals surface area contributed by atoms with Gasteiger partial charge in [-0.05, 0) is 36.8 Å². The number of nitrogens with one attached hydrogen (secondary N) is 1. The summed E-state index contributed by atoms with van der Waals surface area (Å²) in [7, 11) is 0. The molecule has 0 radical (unpaired) electrons. The van der Waals surface area contributed by atoms with Gasteiger partial charge in [0.1, 0.15) is 11.3 Å². The van der Waals surface area contributed by atoms with E-state index in [1.165, 1.54) is 5.56 Å². The molecule has 2 heterocycles. The van der Waals surface area contributed by atoms with Gasteiger partial charge in [0.25, 0.3) is 5.91 Å². The fourth-order valence-electron chi connectivity index (χ4n) is 4.27. The zero-order valence-electron chi connectivity index (χ0n) is 18.1. The molecule has 1 aliphatic heterocycles. The van der Waals surface area contributed by atoms with E-state index in [-0.39, 0.29) is 11.9 Å². The molecular formula is C27H26N2O3. The Morgan fingerprint density at radius 3 is 2.34 bits per heavy atom. The van der Waals surface area contributed by atoms with Crippen LogP contribution < -0.4 is 5.32 Å². The number of ether oxygens (including phenoxy) is 1. The van der Waals surface area contributed by atoms with Gasteiger partial charge in [0, 0.05) is 24.0 Å². The summed E-state index contributed by atoms with van der Waals surface area (Å²) in [5.41, 5.74) is 4.44. The number of anilines is 1. The van der Waals surface area contributed by atoms with Crippen molar-refractivity contribution in [3.63, 3.8) is 0 Å². The van der Waals surface area contributed by atoms with Crippen molar-refractivity contribution < 1.29 is 13.9 Å². The minimum atomic E-state index is -0.150. The minimum Gasteiger partial charge on any atom is -0.457 e. The highest BCUT2D eigenvalue weighted by Crippen LogP contribution is 2.40. The Labute approximate surface area is 187 Å². The lowest BCUT2D eigenvalue weighted by Crippen LogP contribution is -2.39. The van der Waals surface area contributed by atoms with E-state index in [1.807, 2.05) is 54.6 Å². The number of furan rings is 1. The molecule has 0 saturated carbocycles. The number of hydrogen-bond acceptors (Lipinski definition) is 4. The summed E-state index contributed by atoms with van der Waals surface area (Å²) in [5.74, 6) is 0.601. The smallest absolute Gasteiger partial charge is 0.255 e. The molecule has 162 valence electrons. The van der Waals surface area contributed by atoms with Crippen molar-refractivity contribution in [1.29, 1.82) is 0 Å². The standard InChI is InChI=1S/C27H26N2O3/c1-19-11-13-20(14-12-19)25(29-15-17-31-18-16-29)26-24(22-9-5-6-10-23(22)32-26)28-27(30)21-7-3-2-4-8-21/h2-14,25H,15-18H2,1H3,(H,28,30). The van der Waals surface area contributed by atoms with Gasteiger partial charge in [-0.3, -0.25) is 9.69 Å². The molecule has 5 nitrogen and oxygen atoms in total. The molecule has 1 amide bonds. The summed E-state index contributed by atoms with van der Waals surface area (Å²) in [6, 6.07) is 25.5. The van der Waals surface area contributed by atoms with Crippen LogP contribution >= 0.6 is 0 Å². The van der Waals surface area contributed by atoms with Crippen molar-refractivity contribution in [1.82, 2.24) is 4.90 Å². The van der Waals surface area contributed by atoms with Crippen molar-refractivity contribution in [3.05, 3.63) is 101 Å². The van der Waals surface area contributed by atoms with Gasteiger partial charge in [0.2, 0.25) is 0 Å². The van der Waals surface area contributed by atoms with E-state index >= 15 is 0 Å². The molecule has 4 aromatic rings. The topological polar surface area (TPSA) is 54.7 Å². The number of benzene rings is 3. The average Bonchev–Trinajstić information content (AvgIpc) is 3.19. The number of carbonyl (C=O) groups excluding carboxylic acids is 1. The van der Waals surface area contributed by atoms with Crippen molar-refractivity contribution in [3.8, 4) is 0 Å². The lowest BCUT2D eigenvalue weighted by atomic mass is 9.99. The van der Waals surface area contributed by atoms with Gasteiger partial charge < -0.3 is 14.5 Å². The van der Waals surface area contributed by atoms with Gasteiger partial charge in [-0.25, -0.2) is 0 Å². The lowest BCUT2D eigenvalue weighted by Gasteiger charge is -2.34. The third-order valence-corrected chi connectivity index (χ3v) is 5.95. The van der Waals surface area contributed by atoms with Crippen LogP contribution in [0, 0.1) is 6.92 Å². The summed E-state index contributed by atoms with van der Waals surface area (Å²) in [6.07, 6.45) is 0. The fraction of sp³-hybridized carbons (Fsp3) is 0.222. The molecule has 3 aromatic carbocycles. The Morgan fingerprint density at radius 2 is 1.59 bits per heavy atom. The van der Waals surface area contributed by atoms with E-state index in [0.29, 0.717) is 18.8 Å². The number of carbonyl (C=O) groups is 1. The molecule has 1 unspecified atom stereocenters. The number of amides is 1. The quantitative estimate of drug-likeness (QED) is 0.463. The Balaban J connectivity index is 1.63. The van der Waals surface area contributed by atoms with Crippen molar-refractivity contribution in [2.24, 2.45) is 0 Å².